The van der Waals surface area contributed by atoms with E-state index in [9.17, 15) is 14.7 Å². The molecule has 6 heteroatoms. The fourth-order valence-corrected chi connectivity index (χ4v) is 4.15. The molecule has 3 aromatic rings. The van der Waals surface area contributed by atoms with Crippen LogP contribution >= 0.6 is 11.6 Å². The number of anilines is 1. The molecule has 1 aliphatic heterocycles. The van der Waals surface area contributed by atoms with Gasteiger partial charge < -0.3 is 14.6 Å². The molecule has 2 heterocycles. The Bertz CT molecular complexity index is 1100. The standard InChI is InChI=1S/C20H19ClN2O3/c1-12-4-5-13-16(10-12)23(11-17(24)25)18-14(20(13)26)6-7-15(21)19(18)22-8-2-3-9-22/h4-7,10H,2-3,8-9,11H2,1H3,(H,24,25). The topological polar surface area (TPSA) is 62.5 Å². The van der Waals surface area contributed by atoms with Crippen LogP contribution in [0.2, 0.25) is 5.02 Å². The molecular formula is C20H19ClN2O3. The first kappa shape index (κ1) is 16.9. The maximum absolute atomic E-state index is 13.1. The number of aromatic nitrogens is 1. The van der Waals surface area contributed by atoms with Crippen LogP contribution in [0.1, 0.15) is 18.4 Å². The molecule has 0 spiro atoms. The number of rotatable bonds is 3. The van der Waals surface area contributed by atoms with Crippen molar-refractivity contribution in [2.45, 2.75) is 26.3 Å². The third kappa shape index (κ3) is 2.63. The van der Waals surface area contributed by atoms with Gasteiger partial charge in [0.1, 0.15) is 6.54 Å². The number of nitrogens with zero attached hydrogens (tertiary/aromatic N) is 2. The number of carboxylic acids is 1. The Balaban J connectivity index is 2.21. The zero-order chi connectivity index (χ0) is 18.4. The Hall–Kier alpha value is -2.53. The summed E-state index contributed by atoms with van der Waals surface area (Å²) >= 11 is 6.52. The quantitative estimate of drug-likeness (QED) is 0.712. The Morgan fingerprint density at radius 2 is 1.85 bits per heavy atom. The summed E-state index contributed by atoms with van der Waals surface area (Å²) in [4.78, 5) is 26.8. The lowest BCUT2D eigenvalue weighted by Crippen LogP contribution is -2.23. The molecule has 0 amide bonds. The lowest BCUT2D eigenvalue weighted by molar-refractivity contribution is -0.137. The molecule has 0 bridgehead atoms. The highest BCUT2D eigenvalue weighted by molar-refractivity contribution is 6.35. The highest BCUT2D eigenvalue weighted by Crippen LogP contribution is 2.36. The number of aryl methyl sites for hydroxylation is 1. The maximum Gasteiger partial charge on any atom is 0.323 e. The number of aliphatic carboxylic acids is 1. The van der Waals surface area contributed by atoms with Gasteiger partial charge in [-0.25, -0.2) is 0 Å². The van der Waals surface area contributed by atoms with Crippen LogP contribution in [0.25, 0.3) is 21.8 Å². The van der Waals surface area contributed by atoms with Crippen LogP contribution in [0.15, 0.2) is 35.1 Å². The summed E-state index contributed by atoms with van der Waals surface area (Å²) in [6, 6.07) is 8.96. The Morgan fingerprint density at radius 3 is 2.54 bits per heavy atom. The summed E-state index contributed by atoms with van der Waals surface area (Å²) in [5.41, 5.74) is 2.90. The Labute approximate surface area is 155 Å². The summed E-state index contributed by atoms with van der Waals surface area (Å²) in [7, 11) is 0. The number of benzene rings is 2. The van der Waals surface area contributed by atoms with Gasteiger partial charge in [-0.15, -0.1) is 0 Å². The van der Waals surface area contributed by atoms with E-state index in [0.717, 1.165) is 37.2 Å². The van der Waals surface area contributed by atoms with Crippen LogP contribution in [0.3, 0.4) is 0 Å². The minimum atomic E-state index is -0.954. The third-order valence-corrected chi connectivity index (χ3v) is 5.33. The highest BCUT2D eigenvalue weighted by Gasteiger charge is 2.23. The molecule has 0 radical (unpaired) electrons. The molecule has 0 aliphatic carbocycles. The normalized spacial score (nSPS) is 14.5. The van der Waals surface area contributed by atoms with Crippen molar-refractivity contribution >= 4 is 45.1 Å². The molecule has 1 fully saturated rings. The average molecular weight is 371 g/mol. The zero-order valence-electron chi connectivity index (χ0n) is 14.5. The Morgan fingerprint density at radius 1 is 1.15 bits per heavy atom. The van der Waals surface area contributed by atoms with E-state index in [2.05, 4.69) is 4.90 Å². The van der Waals surface area contributed by atoms with Crippen molar-refractivity contribution in [3.8, 4) is 0 Å². The molecule has 134 valence electrons. The molecule has 1 aromatic heterocycles. The number of carbonyl (C=O) groups is 1. The maximum atomic E-state index is 13.1. The van der Waals surface area contributed by atoms with E-state index in [1.807, 2.05) is 19.1 Å². The van der Waals surface area contributed by atoms with E-state index in [1.54, 1.807) is 22.8 Å². The fraction of sp³-hybridized carbons (Fsp3) is 0.300. The summed E-state index contributed by atoms with van der Waals surface area (Å²) < 4.78 is 1.72. The summed E-state index contributed by atoms with van der Waals surface area (Å²) in [6.45, 7) is 3.41. The van der Waals surface area contributed by atoms with Crippen molar-refractivity contribution in [3.05, 3.63) is 51.1 Å². The minimum absolute atomic E-state index is 0.0891. The summed E-state index contributed by atoms with van der Waals surface area (Å²) in [6.07, 6.45) is 2.12. The van der Waals surface area contributed by atoms with E-state index in [4.69, 9.17) is 11.6 Å². The second-order valence-electron chi connectivity index (χ2n) is 6.82. The van der Waals surface area contributed by atoms with E-state index in [-0.39, 0.29) is 12.0 Å². The van der Waals surface area contributed by atoms with Gasteiger partial charge in [0.05, 0.1) is 21.7 Å². The molecule has 0 atom stereocenters. The van der Waals surface area contributed by atoms with E-state index in [1.165, 1.54) is 0 Å². The molecule has 1 saturated heterocycles. The predicted molar refractivity (Wildman–Crippen MR) is 105 cm³/mol. The monoisotopic (exact) mass is 370 g/mol. The Kier molecular flexibility index (Phi) is 4.11. The minimum Gasteiger partial charge on any atom is -0.480 e. The zero-order valence-corrected chi connectivity index (χ0v) is 15.2. The van der Waals surface area contributed by atoms with E-state index >= 15 is 0 Å². The van der Waals surface area contributed by atoms with Gasteiger partial charge in [-0.1, -0.05) is 17.7 Å². The molecule has 5 nitrogen and oxygen atoms in total. The van der Waals surface area contributed by atoms with Gasteiger partial charge in [-0.05, 0) is 49.6 Å². The van der Waals surface area contributed by atoms with Crippen molar-refractivity contribution in [2.24, 2.45) is 0 Å². The molecule has 26 heavy (non-hydrogen) atoms. The van der Waals surface area contributed by atoms with Crippen molar-refractivity contribution in [3.63, 3.8) is 0 Å². The number of fused-ring (bicyclic) bond motifs is 2. The SMILES string of the molecule is Cc1ccc2c(=O)c3ccc(Cl)c(N4CCCC4)c3n(CC(=O)O)c2c1. The van der Waals surface area contributed by atoms with Crippen LogP contribution in [0, 0.1) is 6.92 Å². The molecule has 1 aliphatic rings. The molecule has 0 saturated carbocycles. The lowest BCUT2D eigenvalue weighted by Gasteiger charge is -2.24. The number of pyridine rings is 1. The van der Waals surface area contributed by atoms with Gasteiger partial charge in [0.25, 0.3) is 0 Å². The second kappa shape index (κ2) is 6.32. The number of hydrogen-bond acceptors (Lipinski definition) is 3. The molecule has 0 unspecified atom stereocenters. The van der Waals surface area contributed by atoms with Crippen LogP contribution in [-0.2, 0) is 11.3 Å². The first-order valence-electron chi connectivity index (χ1n) is 8.69. The lowest BCUT2D eigenvalue weighted by atomic mass is 10.1. The van der Waals surface area contributed by atoms with Gasteiger partial charge in [-0.3, -0.25) is 9.59 Å². The molecule has 2 aromatic carbocycles. The van der Waals surface area contributed by atoms with Crippen LogP contribution in [0.4, 0.5) is 5.69 Å². The molecule has 4 rings (SSSR count). The second-order valence-corrected chi connectivity index (χ2v) is 7.22. The van der Waals surface area contributed by atoms with Crippen LogP contribution in [-0.4, -0.2) is 28.7 Å². The summed E-state index contributed by atoms with van der Waals surface area (Å²) in [5.74, 6) is -0.954. The molecular weight excluding hydrogens is 352 g/mol. The van der Waals surface area contributed by atoms with Gasteiger partial charge in [0, 0.05) is 23.9 Å². The third-order valence-electron chi connectivity index (χ3n) is 5.02. The largest absolute Gasteiger partial charge is 0.480 e. The van der Waals surface area contributed by atoms with Crippen molar-refractivity contribution in [1.82, 2.24) is 4.57 Å². The van der Waals surface area contributed by atoms with Gasteiger partial charge in [-0.2, -0.15) is 0 Å². The average Bonchev–Trinajstić information content (AvgIpc) is 3.12. The predicted octanol–water partition coefficient (Wildman–Crippen LogP) is 3.80. The van der Waals surface area contributed by atoms with Crippen molar-refractivity contribution < 1.29 is 9.90 Å². The van der Waals surface area contributed by atoms with Crippen molar-refractivity contribution in [2.75, 3.05) is 18.0 Å². The summed E-state index contributed by atoms with van der Waals surface area (Å²) in [5, 5.41) is 11.1. The van der Waals surface area contributed by atoms with Crippen LogP contribution < -0.4 is 10.3 Å². The van der Waals surface area contributed by atoms with Gasteiger partial charge in [0.2, 0.25) is 0 Å². The van der Waals surface area contributed by atoms with Crippen LogP contribution in [0.5, 0.6) is 0 Å². The van der Waals surface area contributed by atoms with E-state index in [0.29, 0.717) is 26.8 Å². The first-order chi connectivity index (χ1) is 12.5. The van der Waals surface area contributed by atoms with E-state index < -0.39 is 5.97 Å². The highest BCUT2D eigenvalue weighted by atomic mass is 35.5. The van der Waals surface area contributed by atoms with Gasteiger partial charge >= 0.3 is 5.97 Å². The van der Waals surface area contributed by atoms with Gasteiger partial charge in [0.15, 0.2) is 5.43 Å². The van der Waals surface area contributed by atoms with Crippen molar-refractivity contribution in [1.29, 1.82) is 0 Å². The number of hydrogen-bond donors (Lipinski definition) is 1. The smallest absolute Gasteiger partial charge is 0.323 e. The molecule has 1 N–H and O–H groups in total. The number of halogens is 1. The first-order valence-corrected chi connectivity index (χ1v) is 9.07. The number of carboxylic acid groups (broad SMARTS) is 1. The fourth-order valence-electron chi connectivity index (χ4n) is 3.88.